The van der Waals surface area contributed by atoms with Crippen molar-refractivity contribution in [3.63, 3.8) is 0 Å². The molecule has 8 nitrogen and oxygen atoms in total. The Morgan fingerprint density at radius 1 is 0.919 bits per heavy atom. The molecule has 196 valence electrons. The van der Waals surface area contributed by atoms with E-state index in [1.54, 1.807) is 36.3 Å². The summed E-state index contributed by atoms with van der Waals surface area (Å²) in [6, 6.07) is 19.2. The molecule has 0 spiro atoms. The summed E-state index contributed by atoms with van der Waals surface area (Å²) in [6.07, 6.45) is 4.02. The fourth-order valence-corrected chi connectivity index (χ4v) is 4.15. The van der Waals surface area contributed by atoms with Gasteiger partial charge in [-0.05, 0) is 54.7 Å². The van der Waals surface area contributed by atoms with Gasteiger partial charge in [-0.3, -0.25) is 9.59 Å². The number of ether oxygens (including phenoxy) is 3. The van der Waals surface area contributed by atoms with Gasteiger partial charge in [0.25, 0.3) is 0 Å². The molecule has 0 unspecified atom stereocenters. The lowest BCUT2D eigenvalue weighted by atomic mass is 10.1. The standard InChI is InChI=1S/C29H34N2O6/c1-34-26-13-10-22(17-27(26)35-2)14-15-30(18-25-9-6-16-37-25)28(32)19-31(24-11-12-24)29(33)21-36-20-23-7-4-3-5-8-23/h3-10,13,16-17,24H,11-12,14-15,18-21H2,1-2H3. The van der Waals surface area contributed by atoms with Gasteiger partial charge in [-0.2, -0.15) is 0 Å². The molecule has 0 atom stereocenters. The van der Waals surface area contributed by atoms with E-state index in [0.717, 1.165) is 24.0 Å². The second-order valence-corrected chi connectivity index (χ2v) is 9.07. The molecule has 1 fully saturated rings. The molecular formula is C29H34N2O6. The zero-order valence-electron chi connectivity index (χ0n) is 21.4. The molecule has 3 aromatic rings. The summed E-state index contributed by atoms with van der Waals surface area (Å²) in [5, 5.41) is 0. The van der Waals surface area contributed by atoms with Crippen LogP contribution in [0.3, 0.4) is 0 Å². The fourth-order valence-electron chi connectivity index (χ4n) is 4.15. The minimum Gasteiger partial charge on any atom is -0.493 e. The van der Waals surface area contributed by atoms with Crippen molar-refractivity contribution in [1.82, 2.24) is 9.80 Å². The van der Waals surface area contributed by atoms with Gasteiger partial charge in [0, 0.05) is 12.6 Å². The first kappa shape index (κ1) is 26.3. The molecule has 2 aromatic carbocycles. The van der Waals surface area contributed by atoms with Crippen LogP contribution in [0.2, 0.25) is 0 Å². The van der Waals surface area contributed by atoms with E-state index in [4.69, 9.17) is 18.6 Å². The van der Waals surface area contributed by atoms with Crippen LogP contribution < -0.4 is 9.47 Å². The van der Waals surface area contributed by atoms with Crippen molar-refractivity contribution in [2.24, 2.45) is 0 Å². The molecule has 4 rings (SSSR count). The highest BCUT2D eigenvalue weighted by molar-refractivity contribution is 5.86. The average Bonchev–Trinajstić information content (AvgIpc) is 3.64. The number of amides is 2. The molecule has 2 amide bonds. The molecule has 0 bridgehead atoms. The lowest BCUT2D eigenvalue weighted by molar-refractivity contribution is -0.144. The highest BCUT2D eigenvalue weighted by atomic mass is 16.5. The summed E-state index contributed by atoms with van der Waals surface area (Å²) in [4.78, 5) is 29.9. The van der Waals surface area contributed by atoms with Crippen LogP contribution in [0.15, 0.2) is 71.3 Å². The number of furan rings is 1. The average molecular weight is 507 g/mol. The Morgan fingerprint density at radius 3 is 2.38 bits per heavy atom. The van der Waals surface area contributed by atoms with Gasteiger partial charge in [-0.1, -0.05) is 36.4 Å². The van der Waals surface area contributed by atoms with E-state index in [-0.39, 0.29) is 31.0 Å². The van der Waals surface area contributed by atoms with Crippen molar-refractivity contribution < 1.29 is 28.2 Å². The van der Waals surface area contributed by atoms with E-state index in [9.17, 15) is 9.59 Å². The minimum atomic E-state index is -0.162. The Morgan fingerprint density at radius 2 is 1.70 bits per heavy atom. The number of nitrogens with zero attached hydrogens (tertiary/aromatic N) is 2. The fraction of sp³-hybridized carbons (Fsp3) is 0.379. The van der Waals surface area contributed by atoms with Gasteiger partial charge >= 0.3 is 0 Å². The summed E-state index contributed by atoms with van der Waals surface area (Å²) in [5.74, 6) is 1.70. The maximum Gasteiger partial charge on any atom is 0.249 e. The van der Waals surface area contributed by atoms with Gasteiger partial charge in [0.05, 0.1) is 33.6 Å². The molecule has 1 saturated carbocycles. The van der Waals surface area contributed by atoms with E-state index in [0.29, 0.717) is 43.4 Å². The Hall–Kier alpha value is -3.78. The van der Waals surface area contributed by atoms with Crippen LogP contribution in [0.1, 0.15) is 29.7 Å². The first-order valence-electron chi connectivity index (χ1n) is 12.5. The van der Waals surface area contributed by atoms with E-state index in [1.165, 1.54) is 0 Å². The van der Waals surface area contributed by atoms with Gasteiger partial charge in [-0.15, -0.1) is 0 Å². The van der Waals surface area contributed by atoms with E-state index in [1.807, 2.05) is 54.6 Å². The number of carbonyl (C=O) groups excluding carboxylic acids is 2. The zero-order chi connectivity index (χ0) is 26.0. The number of hydrogen-bond donors (Lipinski definition) is 0. The number of hydrogen-bond acceptors (Lipinski definition) is 6. The molecular weight excluding hydrogens is 472 g/mol. The summed E-state index contributed by atoms with van der Waals surface area (Å²) in [7, 11) is 3.20. The third kappa shape index (κ3) is 7.60. The Kier molecular flexibility index (Phi) is 9.21. The number of carbonyl (C=O) groups is 2. The monoisotopic (exact) mass is 506 g/mol. The highest BCUT2D eigenvalue weighted by Gasteiger charge is 2.34. The second kappa shape index (κ2) is 13.0. The second-order valence-electron chi connectivity index (χ2n) is 9.07. The number of benzene rings is 2. The van der Waals surface area contributed by atoms with Gasteiger partial charge in [0.1, 0.15) is 18.9 Å². The Balaban J connectivity index is 1.38. The molecule has 0 radical (unpaired) electrons. The third-order valence-electron chi connectivity index (χ3n) is 6.35. The van der Waals surface area contributed by atoms with Crippen molar-refractivity contribution in [3.05, 3.63) is 83.8 Å². The largest absolute Gasteiger partial charge is 0.493 e. The van der Waals surface area contributed by atoms with E-state index >= 15 is 0 Å². The Bertz CT molecular complexity index is 1140. The highest BCUT2D eigenvalue weighted by Crippen LogP contribution is 2.29. The SMILES string of the molecule is COc1ccc(CCN(Cc2ccco2)C(=O)CN(C(=O)COCc2ccccc2)C2CC2)cc1OC. The lowest BCUT2D eigenvalue weighted by Crippen LogP contribution is -2.45. The first-order valence-corrected chi connectivity index (χ1v) is 12.5. The predicted octanol–water partition coefficient (Wildman–Crippen LogP) is 4.08. The third-order valence-corrected chi connectivity index (χ3v) is 6.35. The molecule has 0 saturated heterocycles. The van der Waals surface area contributed by atoms with Gasteiger partial charge in [-0.25, -0.2) is 0 Å². The van der Waals surface area contributed by atoms with Gasteiger partial charge in [0.2, 0.25) is 11.8 Å². The summed E-state index contributed by atoms with van der Waals surface area (Å²) in [6.45, 7) is 1.12. The minimum absolute atomic E-state index is 0.0187. The van der Waals surface area contributed by atoms with E-state index in [2.05, 4.69) is 0 Å². The molecule has 1 aromatic heterocycles. The van der Waals surface area contributed by atoms with Crippen LogP contribution >= 0.6 is 0 Å². The summed E-state index contributed by atoms with van der Waals surface area (Å²) < 4.78 is 21.9. The van der Waals surface area contributed by atoms with Crippen molar-refractivity contribution >= 4 is 11.8 Å². The molecule has 1 aliphatic carbocycles. The molecule has 1 heterocycles. The molecule has 1 aliphatic rings. The molecule has 8 heteroatoms. The molecule has 37 heavy (non-hydrogen) atoms. The van der Waals surface area contributed by atoms with Crippen LogP contribution in [0, 0.1) is 0 Å². The summed E-state index contributed by atoms with van der Waals surface area (Å²) >= 11 is 0. The van der Waals surface area contributed by atoms with Crippen molar-refractivity contribution in [2.75, 3.05) is 33.9 Å². The molecule has 0 N–H and O–H groups in total. The smallest absolute Gasteiger partial charge is 0.249 e. The van der Waals surface area contributed by atoms with Crippen LogP contribution in [0.5, 0.6) is 11.5 Å². The quantitative estimate of drug-likeness (QED) is 0.328. The first-order chi connectivity index (χ1) is 18.1. The predicted molar refractivity (Wildman–Crippen MR) is 138 cm³/mol. The van der Waals surface area contributed by atoms with Gasteiger partial charge < -0.3 is 28.4 Å². The van der Waals surface area contributed by atoms with Crippen LogP contribution in [0.4, 0.5) is 0 Å². The topological polar surface area (TPSA) is 81.5 Å². The van der Waals surface area contributed by atoms with Crippen molar-refractivity contribution in [1.29, 1.82) is 0 Å². The van der Waals surface area contributed by atoms with E-state index < -0.39 is 0 Å². The Labute approximate surface area is 217 Å². The van der Waals surface area contributed by atoms with Gasteiger partial charge in [0.15, 0.2) is 11.5 Å². The maximum absolute atomic E-state index is 13.5. The number of rotatable bonds is 14. The normalized spacial score (nSPS) is 12.7. The maximum atomic E-state index is 13.5. The lowest BCUT2D eigenvalue weighted by Gasteiger charge is -2.27. The van der Waals surface area contributed by atoms with Crippen molar-refractivity contribution in [2.45, 2.75) is 38.5 Å². The van der Waals surface area contributed by atoms with Crippen LogP contribution in [-0.4, -0.2) is 61.6 Å². The van der Waals surface area contributed by atoms with Crippen LogP contribution in [0.25, 0.3) is 0 Å². The summed E-state index contributed by atoms with van der Waals surface area (Å²) in [5.41, 5.74) is 2.02. The molecule has 0 aliphatic heterocycles. The van der Waals surface area contributed by atoms with Crippen molar-refractivity contribution in [3.8, 4) is 11.5 Å². The van der Waals surface area contributed by atoms with Crippen LogP contribution in [-0.2, 0) is 33.9 Å². The number of methoxy groups -OCH3 is 2. The zero-order valence-corrected chi connectivity index (χ0v) is 21.4.